The van der Waals surface area contributed by atoms with Gasteiger partial charge in [-0.3, -0.25) is 0 Å². The predicted octanol–water partition coefficient (Wildman–Crippen LogP) is 2.92. The second-order valence-corrected chi connectivity index (χ2v) is 5.27. The molecule has 0 aliphatic rings. The zero-order valence-electron chi connectivity index (χ0n) is 15.0. The van der Waals surface area contributed by atoms with Crippen molar-refractivity contribution in [3.05, 3.63) is 48.5 Å². The van der Waals surface area contributed by atoms with Crippen molar-refractivity contribution >= 4 is 11.7 Å². The number of carbonyl (C=O) groups is 1. The minimum absolute atomic E-state index is 0.299. The average Bonchev–Trinajstić information content (AvgIpc) is 2.67. The Morgan fingerprint density at radius 2 is 1.62 bits per heavy atom. The normalized spacial score (nSPS) is 10.1. The van der Waals surface area contributed by atoms with Gasteiger partial charge in [-0.15, -0.1) is 0 Å². The van der Waals surface area contributed by atoms with Crippen LogP contribution >= 0.6 is 0 Å². The Morgan fingerprint density at radius 3 is 2.35 bits per heavy atom. The van der Waals surface area contributed by atoms with Gasteiger partial charge in [-0.05, 0) is 36.4 Å². The molecule has 0 bridgehead atoms. The van der Waals surface area contributed by atoms with Crippen LogP contribution in [0.2, 0.25) is 0 Å². The molecule has 0 saturated carbocycles. The van der Waals surface area contributed by atoms with Gasteiger partial charge in [0.15, 0.2) is 0 Å². The lowest BCUT2D eigenvalue weighted by Gasteiger charge is -2.10. The fourth-order valence-corrected chi connectivity index (χ4v) is 2.08. The molecule has 2 N–H and O–H groups in total. The number of nitrogens with one attached hydrogen (secondary N) is 2. The molecular weight excluding hydrogens is 336 g/mol. The van der Waals surface area contributed by atoms with E-state index in [1.54, 1.807) is 44.6 Å². The number of hydrogen-bond donors (Lipinski definition) is 2. The number of rotatable bonds is 10. The molecule has 0 spiro atoms. The van der Waals surface area contributed by atoms with Gasteiger partial charge in [0.2, 0.25) is 0 Å². The van der Waals surface area contributed by atoms with Gasteiger partial charge in [0.1, 0.15) is 30.5 Å². The molecule has 26 heavy (non-hydrogen) atoms. The fraction of sp³-hybridized carbons (Fsp3) is 0.316. The molecule has 0 radical (unpaired) electrons. The van der Waals surface area contributed by atoms with Crippen LogP contribution in [-0.2, 0) is 4.74 Å². The van der Waals surface area contributed by atoms with Crippen LogP contribution < -0.4 is 24.8 Å². The van der Waals surface area contributed by atoms with Crippen LogP contribution in [0.1, 0.15) is 0 Å². The minimum Gasteiger partial charge on any atom is -0.497 e. The Morgan fingerprint density at radius 1 is 0.885 bits per heavy atom. The molecule has 7 nitrogen and oxygen atoms in total. The van der Waals surface area contributed by atoms with Crippen LogP contribution in [0.4, 0.5) is 10.5 Å². The molecule has 0 saturated heterocycles. The van der Waals surface area contributed by atoms with Gasteiger partial charge in [-0.2, -0.15) is 0 Å². The molecule has 2 aromatic rings. The molecule has 2 amide bonds. The predicted molar refractivity (Wildman–Crippen MR) is 99.3 cm³/mol. The van der Waals surface area contributed by atoms with Crippen molar-refractivity contribution < 1.29 is 23.7 Å². The lowest BCUT2D eigenvalue weighted by molar-refractivity contribution is 0.146. The van der Waals surface area contributed by atoms with Crippen LogP contribution in [-0.4, -0.2) is 46.6 Å². The Kier molecular flexibility index (Phi) is 8.08. The Hall–Kier alpha value is -2.93. The number of anilines is 1. The molecule has 0 heterocycles. The van der Waals surface area contributed by atoms with E-state index in [1.165, 1.54) is 0 Å². The standard InChI is InChI=1S/C19H24N2O5/c1-23-12-13-26-16-8-6-15(7-9-16)21-19(22)20-10-11-25-18-5-3-4-17(14-18)24-2/h3-9,14H,10-13H2,1-2H3,(H2,20,21,22). The number of urea groups is 1. The summed E-state index contributed by atoms with van der Waals surface area (Å²) in [6, 6.07) is 14.1. The lowest BCUT2D eigenvalue weighted by Crippen LogP contribution is -2.32. The Labute approximate surface area is 153 Å². The molecular formula is C19H24N2O5. The molecule has 2 aromatic carbocycles. The van der Waals surface area contributed by atoms with Gasteiger partial charge in [0.05, 0.1) is 20.3 Å². The van der Waals surface area contributed by atoms with Crippen LogP contribution in [0.5, 0.6) is 17.2 Å². The smallest absolute Gasteiger partial charge is 0.319 e. The Bertz CT molecular complexity index is 676. The third-order valence-electron chi connectivity index (χ3n) is 3.37. The van der Waals surface area contributed by atoms with Crippen molar-refractivity contribution in [1.82, 2.24) is 5.32 Å². The van der Waals surface area contributed by atoms with Crippen molar-refractivity contribution in [1.29, 1.82) is 0 Å². The van der Waals surface area contributed by atoms with Crippen molar-refractivity contribution in [2.24, 2.45) is 0 Å². The number of methoxy groups -OCH3 is 2. The molecule has 0 aliphatic carbocycles. The van der Waals surface area contributed by atoms with Crippen molar-refractivity contribution in [3.8, 4) is 17.2 Å². The average molecular weight is 360 g/mol. The first-order chi connectivity index (χ1) is 12.7. The molecule has 0 unspecified atom stereocenters. The maximum absolute atomic E-state index is 11.9. The van der Waals surface area contributed by atoms with Gasteiger partial charge in [-0.25, -0.2) is 4.79 Å². The molecule has 0 fully saturated rings. The molecule has 2 rings (SSSR count). The van der Waals surface area contributed by atoms with Gasteiger partial charge in [-0.1, -0.05) is 6.07 Å². The number of benzene rings is 2. The third kappa shape index (κ3) is 6.90. The van der Waals surface area contributed by atoms with Crippen molar-refractivity contribution in [2.45, 2.75) is 0 Å². The monoisotopic (exact) mass is 360 g/mol. The zero-order valence-corrected chi connectivity index (χ0v) is 15.0. The van der Waals surface area contributed by atoms with Crippen LogP contribution in [0.25, 0.3) is 0 Å². The maximum atomic E-state index is 11.9. The summed E-state index contributed by atoms with van der Waals surface area (Å²) in [6.07, 6.45) is 0. The van der Waals surface area contributed by atoms with Crippen molar-refractivity contribution in [2.75, 3.05) is 45.9 Å². The largest absolute Gasteiger partial charge is 0.497 e. The SMILES string of the molecule is COCCOc1ccc(NC(=O)NCCOc2cccc(OC)c2)cc1. The van der Waals surface area contributed by atoms with E-state index in [9.17, 15) is 4.79 Å². The van der Waals surface area contributed by atoms with E-state index in [4.69, 9.17) is 18.9 Å². The van der Waals surface area contributed by atoms with E-state index >= 15 is 0 Å². The first kappa shape index (κ1) is 19.4. The number of amides is 2. The first-order valence-corrected chi connectivity index (χ1v) is 8.25. The lowest BCUT2D eigenvalue weighted by atomic mass is 10.3. The van der Waals surface area contributed by atoms with Gasteiger partial charge in [0, 0.05) is 18.9 Å². The quantitative estimate of drug-likeness (QED) is 0.637. The Balaban J connectivity index is 1.66. The van der Waals surface area contributed by atoms with Gasteiger partial charge in [0.25, 0.3) is 0 Å². The number of carbonyl (C=O) groups excluding carboxylic acids is 1. The summed E-state index contributed by atoms with van der Waals surface area (Å²) < 4.78 is 21.1. The summed E-state index contributed by atoms with van der Waals surface area (Å²) in [4.78, 5) is 11.9. The van der Waals surface area contributed by atoms with Crippen LogP contribution in [0, 0.1) is 0 Å². The molecule has 0 aliphatic heterocycles. The van der Waals surface area contributed by atoms with E-state index in [0.717, 1.165) is 11.5 Å². The minimum atomic E-state index is -0.299. The summed E-state index contributed by atoms with van der Waals surface area (Å²) >= 11 is 0. The number of ether oxygens (including phenoxy) is 4. The second kappa shape index (κ2) is 10.8. The maximum Gasteiger partial charge on any atom is 0.319 e. The summed E-state index contributed by atoms with van der Waals surface area (Å²) in [5.41, 5.74) is 0.676. The summed E-state index contributed by atoms with van der Waals surface area (Å²) in [5.74, 6) is 2.14. The second-order valence-electron chi connectivity index (χ2n) is 5.27. The molecule has 0 aromatic heterocycles. The highest BCUT2D eigenvalue weighted by atomic mass is 16.5. The zero-order chi connectivity index (χ0) is 18.6. The first-order valence-electron chi connectivity index (χ1n) is 8.25. The van der Waals surface area contributed by atoms with Gasteiger partial charge < -0.3 is 29.6 Å². The molecule has 0 atom stereocenters. The fourth-order valence-electron chi connectivity index (χ4n) is 2.08. The number of hydrogen-bond acceptors (Lipinski definition) is 5. The van der Waals surface area contributed by atoms with E-state index < -0.39 is 0 Å². The summed E-state index contributed by atoms with van der Waals surface area (Å²) in [7, 11) is 3.22. The van der Waals surface area contributed by atoms with Crippen molar-refractivity contribution in [3.63, 3.8) is 0 Å². The molecule has 7 heteroatoms. The topological polar surface area (TPSA) is 78.1 Å². The van der Waals surface area contributed by atoms with Gasteiger partial charge >= 0.3 is 6.03 Å². The van der Waals surface area contributed by atoms with Crippen LogP contribution in [0.15, 0.2) is 48.5 Å². The van der Waals surface area contributed by atoms with E-state index in [2.05, 4.69) is 10.6 Å². The summed E-state index contributed by atoms with van der Waals surface area (Å²) in [5, 5.41) is 5.48. The third-order valence-corrected chi connectivity index (χ3v) is 3.37. The van der Waals surface area contributed by atoms with Crippen LogP contribution in [0.3, 0.4) is 0 Å². The van der Waals surface area contributed by atoms with E-state index in [1.807, 2.05) is 18.2 Å². The highest BCUT2D eigenvalue weighted by Crippen LogP contribution is 2.18. The van der Waals surface area contributed by atoms with E-state index in [-0.39, 0.29) is 6.03 Å². The summed E-state index contributed by atoms with van der Waals surface area (Å²) in [6.45, 7) is 1.74. The highest BCUT2D eigenvalue weighted by molar-refractivity contribution is 5.89. The molecule has 140 valence electrons. The van der Waals surface area contributed by atoms with E-state index in [0.29, 0.717) is 37.8 Å². The highest BCUT2D eigenvalue weighted by Gasteiger charge is 2.02.